The second-order valence-corrected chi connectivity index (χ2v) is 13.4. The van der Waals surface area contributed by atoms with E-state index < -0.39 is 35.1 Å². The number of nitrogens with two attached hydrogens (primary N) is 4. The highest BCUT2D eigenvalue weighted by Gasteiger charge is 2.52. The molecule has 17 heteroatoms. The molecule has 4 rings (SSSR count). The summed E-state index contributed by atoms with van der Waals surface area (Å²) >= 11 is 0. The summed E-state index contributed by atoms with van der Waals surface area (Å²) in [5, 5.41) is 11.5. The van der Waals surface area contributed by atoms with E-state index in [2.05, 4.69) is 31.3 Å². The molecule has 2 aliphatic carbocycles. The van der Waals surface area contributed by atoms with Crippen LogP contribution in [0.1, 0.15) is 75.3 Å². The molecule has 2 aromatic rings. The summed E-state index contributed by atoms with van der Waals surface area (Å²) in [5.41, 5.74) is 21.3. The van der Waals surface area contributed by atoms with Gasteiger partial charge in [0.25, 0.3) is 0 Å². The Balaban J connectivity index is 1.39. The van der Waals surface area contributed by atoms with Crippen molar-refractivity contribution in [2.24, 2.45) is 43.7 Å². The van der Waals surface area contributed by atoms with E-state index in [4.69, 9.17) is 32.2 Å². The summed E-state index contributed by atoms with van der Waals surface area (Å²) < 4.78 is 11.8. The van der Waals surface area contributed by atoms with Gasteiger partial charge < -0.3 is 53.5 Å². The van der Waals surface area contributed by atoms with Crippen LogP contribution in [0.4, 0.5) is 0 Å². The molecule has 2 fully saturated rings. The van der Waals surface area contributed by atoms with Crippen LogP contribution in [-0.4, -0.2) is 68.8 Å². The van der Waals surface area contributed by atoms with Gasteiger partial charge in [0.1, 0.15) is 23.3 Å². The van der Waals surface area contributed by atoms with Crippen LogP contribution in [0.2, 0.25) is 0 Å². The SMILES string of the molecule is NC(N)=NCCCC(NC(=O)C1(C(=O)NCc2ccccc2)CCC1)O[B]OC(CCCN=C(N)N)NC(=O)C1(C(=O)NCc2ccccc2)CCC1. The molecule has 2 aliphatic rings. The zero-order valence-electron chi connectivity index (χ0n) is 30.1. The topological polar surface area (TPSA) is 264 Å². The zero-order chi connectivity index (χ0) is 38.1. The number of hydrogen-bond donors (Lipinski definition) is 8. The summed E-state index contributed by atoms with van der Waals surface area (Å²) in [6.07, 6.45) is 2.60. The maximum absolute atomic E-state index is 13.7. The first-order chi connectivity index (χ1) is 25.5. The van der Waals surface area contributed by atoms with Crippen LogP contribution in [0.15, 0.2) is 70.6 Å². The second kappa shape index (κ2) is 20.2. The van der Waals surface area contributed by atoms with Gasteiger partial charge in [0, 0.05) is 26.2 Å². The fourth-order valence-electron chi connectivity index (χ4n) is 6.12. The Bertz CT molecular complexity index is 1450. The van der Waals surface area contributed by atoms with Crippen molar-refractivity contribution in [1.82, 2.24) is 21.3 Å². The van der Waals surface area contributed by atoms with Crippen molar-refractivity contribution in [2.75, 3.05) is 13.1 Å². The van der Waals surface area contributed by atoms with Crippen molar-refractivity contribution in [3.05, 3.63) is 71.8 Å². The van der Waals surface area contributed by atoms with Gasteiger partial charge in [0.15, 0.2) is 11.9 Å². The molecule has 2 saturated carbocycles. The van der Waals surface area contributed by atoms with E-state index in [0.717, 1.165) is 31.7 Å². The molecule has 1 radical (unpaired) electrons. The van der Waals surface area contributed by atoms with Crippen molar-refractivity contribution in [3.63, 3.8) is 0 Å². The number of nitrogens with zero attached hydrogens (tertiary/aromatic N) is 2. The molecule has 2 aromatic carbocycles. The lowest BCUT2D eigenvalue weighted by molar-refractivity contribution is -0.152. The molecule has 4 amide bonds. The fraction of sp³-hybridized carbons (Fsp3) is 0.500. The third-order valence-corrected chi connectivity index (χ3v) is 9.61. The van der Waals surface area contributed by atoms with Gasteiger partial charge in [-0.25, -0.2) is 0 Å². The van der Waals surface area contributed by atoms with Crippen LogP contribution in [-0.2, 0) is 41.6 Å². The maximum Gasteiger partial charge on any atom is 0.491 e. The highest BCUT2D eigenvalue weighted by molar-refractivity contribution is 6.18. The fourth-order valence-corrected chi connectivity index (χ4v) is 6.12. The molecule has 0 heterocycles. The van der Waals surface area contributed by atoms with E-state index in [1.165, 1.54) is 0 Å². The number of nitrogens with one attached hydrogen (secondary N) is 4. The highest BCUT2D eigenvalue weighted by Crippen LogP contribution is 2.42. The number of amides is 4. The van der Waals surface area contributed by atoms with Crippen LogP contribution in [0, 0.1) is 10.8 Å². The van der Waals surface area contributed by atoms with Crippen molar-refractivity contribution in [1.29, 1.82) is 0 Å². The Labute approximate surface area is 311 Å². The van der Waals surface area contributed by atoms with Crippen LogP contribution in [0.5, 0.6) is 0 Å². The molecule has 16 nitrogen and oxygen atoms in total. The van der Waals surface area contributed by atoms with Gasteiger partial charge in [0.05, 0.1) is 0 Å². The maximum atomic E-state index is 13.7. The Kier molecular flexibility index (Phi) is 15.5. The number of carbonyl (C=O) groups excluding carboxylic acids is 4. The first kappa shape index (κ1) is 40.6. The first-order valence-corrected chi connectivity index (χ1v) is 18.0. The molecule has 12 N–H and O–H groups in total. The van der Waals surface area contributed by atoms with Crippen LogP contribution < -0.4 is 44.2 Å². The summed E-state index contributed by atoms with van der Waals surface area (Å²) in [6.45, 7) is 1.14. The van der Waals surface area contributed by atoms with Gasteiger partial charge in [-0.1, -0.05) is 73.5 Å². The number of rotatable bonds is 22. The summed E-state index contributed by atoms with van der Waals surface area (Å²) in [6, 6.07) is 18.9. The van der Waals surface area contributed by atoms with E-state index in [9.17, 15) is 19.2 Å². The lowest BCUT2D eigenvalue weighted by atomic mass is 9.67. The second-order valence-electron chi connectivity index (χ2n) is 13.4. The molecule has 2 atom stereocenters. The van der Waals surface area contributed by atoms with Gasteiger partial charge in [-0.2, -0.15) is 0 Å². The summed E-state index contributed by atoms with van der Waals surface area (Å²) in [4.78, 5) is 62.0. The van der Waals surface area contributed by atoms with Crippen molar-refractivity contribution < 1.29 is 28.5 Å². The molecule has 0 aliphatic heterocycles. The highest BCUT2D eigenvalue weighted by atomic mass is 16.6. The third kappa shape index (κ3) is 11.9. The molecule has 0 saturated heterocycles. The van der Waals surface area contributed by atoms with Crippen LogP contribution in [0.3, 0.4) is 0 Å². The molecular weight excluding hydrogens is 679 g/mol. The van der Waals surface area contributed by atoms with Crippen molar-refractivity contribution in [2.45, 2.75) is 89.8 Å². The van der Waals surface area contributed by atoms with Gasteiger partial charge >= 0.3 is 7.69 Å². The standard InChI is InChI=1S/C36H52BN10O6/c38-33(39)42-21-7-15-27(46-31(50)35(17-9-18-35)29(48)44-23-25-11-3-1-4-12-25)52-37-53-28(16-8-22-43-34(40)41)47-32(51)36(19-10-20-36)30(49)45-24-26-13-5-2-6-14-26/h1-6,11-14,27-28H,7-10,15-24H2,(H,44,48)(H,45,49)(H,46,50)(H,47,51)(H4,38,39,42)(H4,40,41,43). The largest absolute Gasteiger partial charge is 0.491 e. The van der Waals surface area contributed by atoms with Gasteiger partial charge in [-0.3, -0.25) is 29.2 Å². The number of benzene rings is 2. The lowest BCUT2D eigenvalue weighted by Crippen LogP contribution is -2.58. The van der Waals surface area contributed by atoms with Gasteiger partial charge in [-0.05, 0) is 62.5 Å². The minimum absolute atomic E-state index is 0.0674. The van der Waals surface area contributed by atoms with E-state index in [1.54, 1.807) is 0 Å². The van der Waals surface area contributed by atoms with Gasteiger partial charge in [0.2, 0.25) is 23.6 Å². The first-order valence-electron chi connectivity index (χ1n) is 18.0. The van der Waals surface area contributed by atoms with E-state index in [0.29, 0.717) is 51.6 Å². The van der Waals surface area contributed by atoms with E-state index in [1.807, 2.05) is 60.7 Å². The summed E-state index contributed by atoms with van der Waals surface area (Å²) in [5.74, 6) is -1.78. The van der Waals surface area contributed by atoms with Crippen molar-refractivity contribution >= 4 is 43.2 Å². The molecule has 0 aromatic heterocycles. The predicted molar refractivity (Wildman–Crippen MR) is 201 cm³/mol. The molecule has 2 unspecified atom stereocenters. The number of aliphatic imine (C=N–C) groups is 2. The van der Waals surface area contributed by atoms with Crippen LogP contribution in [0.25, 0.3) is 0 Å². The Morgan fingerprint density at radius 3 is 1.32 bits per heavy atom. The lowest BCUT2D eigenvalue weighted by Gasteiger charge is -2.40. The van der Waals surface area contributed by atoms with E-state index in [-0.39, 0.29) is 49.7 Å². The molecule has 53 heavy (non-hydrogen) atoms. The van der Waals surface area contributed by atoms with Gasteiger partial charge in [-0.15, -0.1) is 0 Å². The number of hydrogen-bond acceptors (Lipinski definition) is 8. The predicted octanol–water partition coefficient (Wildman–Crippen LogP) is 0.519. The van der Waals surface area contributed by atoms with E-state index >= 15 is 0 Å². The number of carbonyl (C=O) groups is 4. The van der Waals surface area contributed by atoms with Crippen LogP contribution >= 0.6 is 0 Å². The molecular formula is C36H52BN10O6. The average molecular weight is 732 g/mol. The smallest absolute Gasteiger partial charge is 0.393 e. The molecule has 0 bridgehead atoms. The monoisotopic (exact) mass is 731 g/mol. The third-order valence-electron chi connectivity index (χ3n) is 9.61. The Hall–Kier alpha value is -5.16. The molecule has 0 spiro atoms. The quantitative estimate of drug-likeness (QED) is 0.0208. The normalized spacial score (nSPS) is 16.2. The Morgan fingerprint density at radius 1 is 0.623 bits per heavy atom. The Morgan fingerprint density at radius 2 is 1.00 bits per heavy atom. The molecule has 285 valence electrons. The minimum atomic E-state index is -1.24. The van der Waals surface area contributed by atoms with Crippen molar-refractivity contribution in [3.8, 4) is 0 Å². The summed E-state index contributed by atoms with van der Waals surface area (Å²) in [7, 11) is 1.04. The zero-order valence-corrected chi connectivity index (χ0v) is 30.1. The minimum Gasteiger partial charge on any atom is -0.393 e. The number of guanidine groups is 2. The average Bonchev–Trinajstić information content (AvgIpc) is 3.09.